The molecule has 5 nitrogen and oxygen atoms in total. The molecule has 0 saturated heterocycles. The predicted molar refractivity (Wildman–Crippen MR) is 68.8 cm³/mol. The van der Waals surface area contributed by atoms with E-state index in [4.69, 9.17) is 5.73 Å². The van der Waals surface area contributed by atoms with Crippen LogP contribution in [0.4, 0.5) is 5.95 Å². The zero-order chi connectivity index (χ0) is 12.5. The lowest BCUT2D eigenvalue weighted by Crippen LogP contribution is -2.06. The minimum Gasteiger partial charge on any atom is -0.368 e. The summed E-state index contributed by atoms with van der Waals surface area (Å²) in [7, 11) is 0. The molecule has 0 aromatic carbocycles. The van der Waals surface area contributed by atoms with Gasteiger partial charge in [-0.05, 0) is 30.9 Å². The zero-order valence-electron chi connectivity index (χ0n) is 10.3. The number of hydrogen-bond acceptors (Lipinski definition) is 5. The second-order valence-electron chi connectivity index (χ2n) is 4.51. The van der Waals surface area contributed by atoms with Crippen LogP contribution in [0.2, 0.25) is 0 Å². The largest absolute Gasteiger partial charge is 0.368 e. The fraction of sp³-hybridized carbons (Fsp3) is 0.385. The molecule has 0 amide bonds. The number of nitrogens with two attached hydrogens (primary N) is 1. The minimum absolute atomic E-state index is 0.287. The van der Waals surface area contributed by atoms with Crippen molar-refractivity contribution in [3.05, 3.63) is 29.7 Å². The first-order chi connectivity index (χ1) is 8.78. The third kappa shape index (κ3) is 2.03. The number of rotatable bonds is 3. The summed E-state index contributed by atoms with van der Waals surface area (Å²) in [5, 5.41) is 0. The van der Waals surface area contributed by atoms with Crippen molar-refractivity contribution in [2.75, 3.05) is 5.73 Å². The van der Waals surface area contributed by atoms with Gasteiger partial charge >= 0.3 is 0 Å². The molecule has 0 spiro atoms. The Bertz CT molecular complexity index is 577. The Morgan fingerprint density at radius 2 is 2.11 bits per heavy atom. The number of pyridine rings is 1. The van der Waals surface area contributed by atoms with Crippen LogP contribution in [-0.2, 0) is 6.42 Å². The van der Waals surface area contributed by atoms with Gasteiger partial charge in [0.2, 0.25) is 5.95 Å². The van der Waals surface area contributed by atoms with Crippen molar-refractivity contribution >= 4 is 5.95 Å². The highest BCUT2D eigenvalue weighted by Gasteiger charge is 2.28. The van der Waals surface area contributed by atoms with Crippen molar-refractivity contribution in [2.24, 2.45) is 0 Å². The topological polar surface area (TPSA) is 77.6 Å². The highest BCUT2D eigenvalue weighted by atomic mass is 15.1. The summed E-state index contributed by atoms with van der Waals surface area (Å²) in [6.45, 7) is 2.09. The average Bonchev–Trinajstić information content (AvgIpc) is 3.22. The number of aromatic nitrogens is 4. The van der Waals surface area contributed by atoms with Crippen LogP contribution >= 0.6 is 0 Å². The van der Waals surface area contributed by atoms with Gasteiger partial charge in [-0.3, -0.25) is 4.98 Å². The molecule has 92 valence electrons. The van der Waals surface area contributed by atoms with E-state index in [1.807, 2.05) is 12.1 Å². The highest BCUT2D eigenvalue weighted by Crippen LogP contribution is 2.38. The van der Waals surface area contributed by atoms with E-state index in [-0.39, 0.29) is 5.95 Å². The summed E-state index contributed by atoms with van der Waals surface area (Å²) >= 11 is 0. The predicted octanol–water partition coefficient (Wildman–Crippen LogP) is 1.96. The van der Waals surface area contributed by atoms with Gasteiger partial charge in [0, 0.05) is 12.1 Å². The van der Waals surface area contributed by atoms with Crippen LogP contribution in [0, 0.1) is 0 Å². The number of anilines is 1. The third-order valence-electron chi connectivity index (χ3n) is 3.10. The normalized spacial score (nSPS) is 14.7. The molecule has 1 aliphatic carbocycles. The van der Waals surface area contributed by atoms with E-state index in [1.54, 1.807) is 6.20 Å². The van der Waals surface area contributed by atoms with Gasteiger partial charge < -0.3 is 5.73 Å². The van der Waals surface area contributed by atoms with Crippen molar-refractivity contribution in [2.45, 2.75) is 32.1 Å². The lowest BCUT2D eigenvalue weighted by molar-refractivity contribution is 0.895. The van der Waals surface area contributed by atoms with Crippen LogP contribution in [0.15, 0.2) is 18.3 Å². The number of aryl methyl sites for hydroxylation is 1. The summed E-state index contributed by atoms with van der Waals surface area (Å²) in [6, 6.07) is 3.97. The van der Waals surface area contributed by atoms with Gasteiger partial charge in [-0.15, -0.1) is 0 Å². The monoisotopic (exact) mass is 241 g/mol. The fourth-order valence-electron chi connectivity index (χ4n) is 1.96. The van der Waals surface area contributed by atoms with Gasteiger partial charge in [0.05, 0.1) is 0 Å². The molecule has 0 radical (unpaired) electrons. The lowest BCUT2D eigenvalue weighted by atomic mass is 10.1. The molecule has 2 aromatic heterocycles. The third-order valence-corrected chi connectivity index (χ3v) is 3.10. The molecule has 2 N–H and O–H groups in total. The van der Waals surface area contributed by atoms with Gasteiger partial charge in [-0.25, -0.2) is 4.98 Å². The first-order valence-corrected chi connectivity index (χ1v) is 6.23. The van der Waals surface area contributed by atoms with Crippen LogP contribution in [0.1, 0.15) is 37.1 Å². The van der Waals surface area contributed by atoms with E-state index in [0.29, 0.717) is 11.7 Å². The molecular weight excluding hydrogens is 226 g/mol. The number of nitrogens with zero attached hydrogens (tertiary/aromatic N) is 4. The molecule has 0 bridgehead atoms. The molecule has 0 unspecified atom stereocenters. The summed E-state index contributed by atoms with van der Waals surface area (Å²) in [4.78, 5) is 17.3. The van der Waals surface area contributed by atoms with Crippen LogP contribution < -0.4 is 5.73 Å². The molecule has 1 saturated carbocycles. The number of hydrogen-bond donors (Lipinski definition) is 1. The molecule has 18 heavy (non-hydrogen) atoms. The maximum Gasteiger partial charge on any atom is 0.223 e. The Kier molecular flexibility index (Phi) is 2.66. The number of nitrogen functional groups attached to an aromatic ring is 1. The van der Waals surface area contributed by atoms with E-state index in [0.717, 1.165) is 36.3 Å². The van der Waals surface area contributed by atoms with Gasteiger partial charge in [-0.1, -0.05) is 13.0 Å². The Labute approximate surface area is 106 Å². The van der Waals surface area contributed by atoms with Gasteiger partial charge in [-0.2, -0.15) is 9.97 Å². The summed E-state index contributed by atoms with van der Waals surface area (Å²) in [5.41, 5.74) is 7.71. The highest BCUT2D eigenvalue weighted by molar-refractivity contribution is 5.55. The molecule has 1 aliphatic rings. The Morgan fingerprint density at radius 1 is 1.28 bits per heavy atom. The van der Waals surface area contributed by atoms with Gasteiger partial charge in [0.25, 0.3) is 0 Å². The summed E-state index contributed by atoms with van der Waals surface area (Å²) < 4.78 is 0. The minimum atomic E-state index is 0.287. The Hall–Kier alpha value is -2.04. The molecular formula is C13H15N5. The maximum atomic E-state index is 5.76. The fourth-order valence-corrected chi connectivity index (χ4v) is 1.96. The van der Waals surface area contributed by atoms with Crippen LogP contribution in [0.25, 0.3) is 11.5 Å². The first kappa shape index (κ1) is 11.1. The Morgan fingerprint density at radius 3 is 2.83 bits per heavy atom. The summed E-state index contributed by atoms with van der Waals surface area (Å²) in [5.74, 6) is 2.16. The van der Waals surface area contributed by atoms with Crippen LogP contribution in [0.3, 0.4) is 0 Å². The average molecular weight is 241 g/mol. The van der Waals surface area contributed by atoms with E-state index in [2.05, 4.69) is 26.9 Å². The van der Waals surface area contributed by atoms with E-state index < -0.39 is 0 Å². The molecule has 1 fully saturated rings. The lowest BCUT2D eigenvalue weighted by Gasteiger charge is -2.07. The van der Waals surface area contributed by atoms with Crippen molar-refractivity contribution in [3.8, 4) is 11.5 Å². The quantitative estimate of drug-likeness (QED) is 0.888. The SMILES string of the molecule is CCc1cccnc1-c1nc(N)nc(C2CC2)n1. The Balaban J connectivity index is 2.10. The van der Waals surface area contributed by atoms with E-state index in [1.165, 1.54) is 0 Å². The standard InChI is InChI=1S/C13H15N5/c1-2-8-4-3-7-15-10(8)12-16-11(9-5-6-9)17-13(14)18-12/h3-4,7,9H,2,5-6H2,1H3,(H2,14,16,17,18). The maximum absolute atomic E-state index is 5.76. The van der Waals surface area contributed by atoms with Crippen LogP contribution in [-0.4, -0.2) is 19.9 Å². The molecule has 0 aliphatic heterocycles. The van der Waals surface area contributed by atoms with Crippen molar-refractivity contribution in [3.63, 3.8) is 0 Å². The van der Waals surface area contributed by atoms with Crippen molar-refractivity contribution in [1.29, 1.82) is 0 Å². The molecule has 2 heterocycles. The zero-order valence-corrected chi connectivity index (χ0v) is 10.3. The molecule has 5 heteroatoms. The molecule has 2 aromatic rings. The second-order valence-corrected chi connectivity index (χ2v) is 4.51. The van der Waals surface area contributed by atoms with Crippen molar-refractivity contribution < 1.29 is 0 Å². The van der Waals surface area contributed by atoms with Crippen LogP contribution in [0.5, 0.6) is 0 Å². The summed E-state index contributed by atoms with van der Waals surface area (Å²) in [6.07, 6.45) is 4.94. The molecule has 3 rings (SSSR count). The van der Waals surface area contributed by atoms with Gasteiger partial charge in [0.1, 0.15) is 11.5 Å². The van der Waals surface area contributed by atoms with E-state index in [9.17, 15) is 0 Å². The first-order valence-electron chi connectivity index (χ1n) is 6.23. The second kappa shape index (κ2) is 4.33. The van der Waals surface area contributed by atoms with E-state index >= 15 is 0 Å². The molecule has 0 atom stereocenters. The smallest absolute Gasteiger partial charge is 0.223 e. The van der Waals surface area contributed by atoms with Gasteiger partial charge in [0.15, 0.2) is 5.82 Å². The van der Waals surface area contributed by atoms with Crippen molar-refractivity contribution in [1.82, 2.24) is 19.9 Å².